The van der Waals surface area contributed by atoms with Gasteiger partial charge in [-0.15, -0.1) is 0 Å². The Kier molecular flexibility index (Phi) is 2.14. The van der Waals surface area contributed by atoms with Crippen molar-refractivity contribution in [2.45, 2.75) is 25.8 Å². The highest BCUT2D eigenvalue weighted by Gasteiger charge is 2.19. The van der Waals surface area contributed by atoms with Crippen LogP contribution in [0.4, 0.5) is 0 Å². The zero-order valence-electron chi connectivity index (χ0n) is 9.29. The molecule has 3 rings (SSSR count). The van der Waals surface area contributed by atoms with Gasteiger partial charge in [0.2, 0.25) is 0 Å². The number of hydrogen-bond acceptors (Lipinski definition) is 3. The summed E-state index contributed by atoms with van der Waals surface area (Å²) in [6, 6.07) is 5.78. The zero-order chi connectivity index (χ0) is 11.1. The molecule has 1 unspecified atom stereocenters. The summed E-state index contributed by atoms with van der Waals surface area (Å²) in [5, 5.41) is 14.0. The van der Waals surface area contributed by atoms with E-state index in [9.17, 15) is 5.11 Å². The van der Waals surface area contributed by atoms with E-state index in [1.54, 1.807) is 12.1 Å². The second-order valence-corrected chi connectivity index (χ2v) is 4.49. The van der Waals surface area contributed by atoms with Crippen LogP contribution in [-0.2, 0) is 12.8 Å². The standard InChI is InChI=1S/C13H15NO2/c1-8-6-10-11-7-9(15)2-3-12(11)16-13(10)4-5-14-8/h2-3,7-8,14-15H,4-6H2,1H3. The molecule has 0 bridgehead atoms. The van der Waals surface area contributed by atoms with Crippen molar-refractivity contribution < 1.29 is 9.52 Å². The lowest BCUT2D eigenvalue weighted by Gasteiger charge is -2.08. The van der Waals surface area contributed by atoms with E-state index in [0.29, 0.717) is 11.8 Å². The maximum Gasteiger partial charge on any atom is 0.134 e. The van der Waals surface area contributed by atoms with Crippen LogP contribution in [-0.4, -0.2) is 17.7 Å². The fourth-order valence-corrected chi connectivity index (χ4v) is 2.42. The Morgan fingerprint density at radius 3 is 3.19 bits per heavy atom. The average molecular weight is 217 g/mol. The Morgan fingerprint density at radius 1 is 1.44 bits per heavy atom. The van der Waals surface area contributed by atoms with Gasteiger partial charge in [0, 0.05) is 30.0 Å². The first kappa shape index (κ1) is 9.73. The largest absolute Gasteiger partial charge is 0.508 e. The minimum atomic E-state index is 0.306. The van der Waals surface area contributed by atoms with Gasteiger partial charge in [-0.2, -0.15) is 0 Å². The second-order valence-electron chi connectivity index (χ2n) is 4.49. The van der Waals surface area contributed by atoms with Gasteiger partial charge in [0.15, 0.2) is 0 Å². The molecule has 2 N–H and O–H groups in total. The molecule has 0 aliphatic carbocycles. The van der Waals surface area contributed by atoms with Gasteiger partial charge in [0.1, 0.15) is 17.1 Å². The highest BCUT2D eigenvalue weighted by atomic mass is 16.3. The zero-order valence-corrected chi connectivity index (χ0v) is 9.29. The van der Waals surface area contributed by atoms with Crippen molar-refractivity contribution in [3.05, 3.63) is 29.5 Å². The molecule has 0 spiro atoms. The van der Waals surface area contributed by atoms with Gasteiger partial charge in [-0.1, -0.05) is 0 Å². The lowest BCUT2D eigenvalue weighted by molar-refractivity contribution is 0.475. The topological polar surface area (TPSA) is 45.4 Å². The maximum atomic E-state index is 9.53. The molecule has 0 amide bonds. The van der Waals surface area contributed by atoms with Crippen LogP contribution in [0.3, 0.4) is 0 Å². The summed E-state index contributed by atoms with van der Waals surface area (Å²) in [6.07, 6.45) is 1.89. The predicted molar refractivity (Wildman–Crippen MR) is 62.8 cm³/mol. The third-order valence-electron chi connectivity index (χ3n) is 3.21. The number of furan rings is 1. The molecule has 1 aliphatic rings. The summed E-state index contributed by atoms with van der Waals surface area (Å²) >= 11 is 0. The van der Waals surface area contributed by atoms with E-state index in [1.165, 1.54) is 5.56 Å². The number of benzene rings is 1. The molecule has 16 heavy (non-hydrogen) atoms. The summed E-state index contributed by atoms with van der Waals surface area (Å²) in [5.74, 6) is 1.37. The summed E-state index contributed by atoms with van der Waals surface area (Å²) in [4.78, 5) is 0. The van der Waals surface area contributed by atoms with E-state index in [0.717, 1.165) is 36.1 Å². The van der Waals surface area contributed by atoms with E-state index in [-0.39, 0.29) is 0 Å². The van der Waals surface area contributed by atoms with Crippen molar-refractivity contribution in [2.75, 3.05) is 6.54 Å². The number of rotatable bonds is 0. The summed E-state index contributed by atoms with van der Waals surface area (Å²) in [6.45, 7) is 3.14. The van der Waals surface area contributed by atoms with E-state index < -0.39 is 0 Å². The van der Waals surface area contributed by atoms with Crippen LogP contribution in [0.2, 0.25) is 0 Å². The molecule has 2 heterocycles. The van der Waals surface area contributed by atoms with Gasteiger partial charge in [-0.3, -0.25) is 0 Å². The lowest BCUT2D eigenvalue weighted by atomic mass is 10.0. The molecule has 1 aromatic heterocycles. The van der Waals surface area contributed by atoms with Gasteiger partial charge in [-0.05, 0) is 31.5 Å². The summed E-state index contributed by atoms with van der Waals surface area (Å²) in [5.41, 5.74) is 2.14. The summed E-state index contributed by atoms with van der Waals surface area (Å²) in [7, 11) is 0. The Labute approximate surface area is 94.1 Å². The number of aromatic hydroxyl groups is 1. The molecule has 3 heteroatoms. The van der Waals surface area contributed by atoms with E-state index in [4.69, 9.17) is 4.42 Å². The van der Waals surface area contributed by atoms with Crippen molar-refractivity contribution in [1.29, 1.82) is 0 Å². The van der Waals surface area contributed by atoms with E-state index >= 15 is 0 Å². The van der Waals surface area contributed by atoms with Crippen LogP contribution in [0.1, 0.15) is 18.2 Å². The van der Waals surface area contributed by atoms with Gasteiger partial charge >= 0.3 is 0 Å². The monoisotopic (exact) mass is 217 g/mol. The Hall–Kier alpha value is -1.48. The molecule has 0 saturated heterocycles. The average Bonchev–Trinajstić information content (AvgIpc) is 2.47. The molecule has 84 valence electrons. The number of hydrogen-bond donors (Lipinski definition) is 2. The van der Waals surface area contributed by atoms with Crippen molar-refractivity contribution in [2.24, 2.45) is 0 Å². The highest BCUT2D eigenvalue weighted by Crippen LogP contribution is 2.31. The first-order chi connectivity index (χ1) is 7.74. The fourth-order valence-electron chi connectivity index (χ4n) is 2.42. The minimum Gasteiger partial charge on any atom is -0.508 e. The number of phenolic OH excluding ortho intramolecular Hbond substituents is 1. The third kappa shape index (κ3) is 1.48. The molecular weight excluding hydrogens is 202 g/mol. The van der Waals surface area contributed by atoms with Crippen molar-refractivity contribution >= 4 is 11.0 Å². The van der Waals surface area contributed by atoms with Gasteiger partial charge in [0.05, 0.1) is 0 Å². The van der Waals surface area contributed by atoms with Crippen LogP contribution in [0, 0.1) is 0 Å². The van der Waals surface area contributed by atoms with Gasteiger partial charge < -0.3 is 14.8 Å². The van der Waals surface area contributed by atoms with Crippen molar-refractivity contribution in [3.8, 4) is 5.75 Å². The molecular formula is C13H15NO2. The number of fused-ring (bicyclic) bond motifs is 3. The van der Waals surface area contributed by atoms with E-state index in [2.05, 4.69) is 12.2 Å². The van der Waals surface area contributed by atoms with Crippen LogP contribution >= 0.6 is 0 Å². The maximum absolute atomic E-state index is 9.53. The lowest BCUT2D eigenvalue weighted by Crippen LogP contribution is -2.27. The molecule has 1 atom stereocenters. The molecule has 1 aliphatic heterocycles. The third-order valence-corrected chi connectivity index (χ3v) is 3.21. The number of nitrogens with one attached hydrogen (secondary N) is 1. The molecule has 1 aromatic carbocycles. The Balaban J connectivity index is 2.21. The van der Waals surface area contributed by atoms with Crippen LogP contribution in [0.25, 0.3) is 11.0 Å². The second kappa shape index (κ2) is 3.52. The van der Waals surface area contributed by atoms with Crippen LogP contribution in [0.5, 0.6) is 5.75 Å². The Morgan fingerprint density at radius 2 is 2.31 bits per heavy atom. The Bertz CT molecular complexity index is 530. The molecule has 0 radical (unpaired) electrons. The minimum absolute atomic E-state index is 0.306. The first-order valence-corrected chi connectivity index (χ1v) is 5.70. The quantitative estimate of drug-likeness (QED) is 0.711. The molecule has 3 nitrogen and oxygen atoms in total. The van der Waals surface area contributed by atoms with Crippen LogP contribution < -0.4 is 5.32 Å². The highest BCUT2D eigenvalue weighted by molar-refractivity contribution is 5.83. The molecule has 2 aromatic rings. The smallest absolute Gasteiger partial charge is 0.134 e. The molecule has 0 saturated carbocycles. The van der Waals surface area contributed by atoms with Crippen molar-refractivity contribution in [1.82, 2.24) is 5.32 Å². The summed E-state index contributed by atoms with van der Waals surface area (Å²) < 4.78 is 5.82. The van der Waals surface area contributed by atoms with Gasteiger partial charge in [0.25, 0.3) is 0 Å². The predicted octanol–water partition coefficient (Wildman–Crippen LogP) is 2.22. The number of phenols is 1. The van der Waals surface area contributed by atoms with Gasteiger partial charge in [-0.25, -0.2) is 0 Å². The van der Waals surface area contributed by atoms with Crippen LogP contribution in [0.15, 0.2) is 22.6 Å². The first-order valence-electron chi connectivity index (χ1n) is 5.70. The normalized spacial score (nSPS) is 20.7. The SMILES string of the molecule is CC1Cc2c(oc3ccc(O)cc23)CCN1. The fraction of sp³-hybridized carbons (Fsp3) is 0.385. The van der Waals surface area contributed by atoms with Crippen molar-refractivity contribution in [3.63, 3.8) is 0 Å². The van der Waals surface area contributed by atoms with E-state index in [1.807, 2.05) is 6.07 Å². The molecule has 0 fully saturated rings.